The lowest BCUT2D eigenvalue weighted by Crippen LogP contribution is -2.08. The zero-order valence-electron chi connectivity index (χ0n) is 16.5. The summed E-state index contributed by atoms with van der Waals surface area (Å²) in [5.74, 6) is 0.720. The van der Waals surface area contributed by atoms with E-state index in [9.17, 15) is 9.59 Å². The van der Waals surface area contributed by atoms with E-state index in [1.165, 1.54) is 5.56 Å². The minimum absolute atomic E-state index is 0.191. The highest BCUT2D eigenvalue weighted by Gasteiger charge is 2.28. The lowest BCUT2D eigenvalue weighted by atomic mass is 10.0. The summed E-state index contributed by atoms with van der Waals surface area (Å²) in [4.78, 5) is 25.0. The van der Waals surface area contributed by atoms with Gasteiger partial charge in [0.05, 0.1) is 11.1 Å². The van der Waals surface area contributed by atoms with Crippen molar-refractivity contribution in [3.63, 3.8) is 0 Å². The predicted octanol–water partition coefficient (Wildman–Crippen LogP) is 6.41. The molecule has 150 valence electrons. The standard InChI is InChI=1S/C25H19BrO4/c1-15(2)17-5-3-16(4-6-17)13-23-24(27)21-12-11-20(14-22(21)30-23)29-25(28)18-7-9-19(26)10-8-18/h3-15H,1-2H3/b23-13-. The molecular formula is C25H19BrO4. The van der Waals surface area contributed by atoms with Gasteiger partial charge in [-0.3, -0.25) is 4.79 Å². The molecule has 1 heterocycles. The Bertz CT molecular complexity index is 1140. The van der Waals surface area contributed by atoms with E-state index in [2.05, 4.69) is 29.8 Å². The van der Waals surface area contributed by atoms with Gasteiger partial charge in [-0.2, -0.15) is 0 Å². The fraction of sp³-hybridized carbons (Fsp3) is 0.120. The van der Waals surface area contributed by atoms with Crippen molar-refractivity contribution in [3.05, 3.63) is 99.2 Å². The highest BCUT2D eigenvalue weighted by atomic mass is 79.9. The van der Waals surface area contributed by atoms with Gasteiger partial charge in [-0.05, 0) is 59.5 Å². The number of benzene rings is 3. The largest absolute Gasteiger partial charge is 0.452 e. The molecule has 0 radical (unpaired) electrons. The zero-order chi connectivity index (χ0) is 21.3. The van der Waals surface area contributed by atoms with Gasteiger partial charge in [-0.15, -0.1) is 0 Å². The number of ketones is 1. The molecule has 0 aliphatic carbocycles. The second-order valence-electron chi connectivity index (χ2n) is 7.32. The molecule has 0 bridgehead atoms. The molecule has 0 fully saturated rings. The van der Waals surface area contributed by atoms with E-state index in [4.69, 9.17) is 9.47 Å². The Balaban J connectivity index is 1.52. The SMILES string of the molecule is CC(C)c1ccc(/C=C2\Oc3cc(OC(=O)c4ccc(Br)cc4)ccc3C2=O)cc1. The van der Waals surface area contributed by atoms with E-state index in [1.807, 2.05) is 24.3 Å². The van der Waals surface area contributed by atoms with Gasteiger partial charge in [0, 0.05) is 10.5 Å². The summed E-state index contributed by atoms with van der Waals surface area (Å²) in [7, 11) is 0. The number of carbonyl (C=O) groups excluding carboxylic acids is 2. The van der Waals surface area contributed by atoms with Crippen LogP contribution in [0, 0.1) is 0 Å². The molecule has 30 heavy (non-hydrogen) atoms. The summed E-state index contributed by atoms with van der Waals surface area (Å²) in [6.07, 6.45) is 1.72. The number of rotatable bonds is 4. The lowest BCUT2D eigenvalue weighted by Gasteiger charge is -2.06. The number of allylic oxidation sites excluding steroid dienone is 1. The molecule has 5 heteroatoms. The highest BCUT2D eigenvalue weighted by Crippen LogP contribution is 2.35. The summed E-state index contributed by atoms with van der Waals surface area (Å²) in [5.41, 5.74) is 3.00. The van der Waals surface area contributed by atoms with Crippen molar-refractivity contribution in [2.75, 3.05) is 0 Å². The quantitative estimate of drug-likeness (QED) is 0.255. The van der Waals surface area contributed by atoms with Gasteiger partial charge in [-0.1, -0.05) is 54.0 Å². The van der Waals surface area contributed by atoms with Gasteiger partial charge >= 0.3 is 5.97 Å². The van der Waals surface area contributed by atoms with Crippen LogP contribution >= 0.6 is 15.9 Å². The molecule has 0 N–H and O–H groups in total. The van der Waals surface area contributed by atoms with E-state index >= 15 is 0 Å². The van der Waals surface area contributed by atoms with Crippen molar-refractivity contribution in [1.29, 1.82) is 0 Å². The minimum atomic E-state index is -0.479. The third-order valence-corrected chi connectivity index (χ3v) is 5.36. The molecule has 0 aromatic heterocycles. The molecule has 1 aliphatic rings. The van der Waals surface area contributed by atoms with Gasteiger partial charge in [0.2, 0.25) is 5.78 Å². The fourth-order valence-corrected chi connectivity index (χ4v) is 3.38. The second-order valence-corrected chi connectivity index (χ2v) is 8.23. The fourth-order valence-electron chi connectivity index (χ4n) is 3.11. The third-order valence-electron chi connectivity index (χ3n) is 4.83. The smallest absolute Gasteiger partial charge is 0.343 e. The summed E-state index contributed by atoms with van der Waals surface area (Å²) >= 11 is 3.33. The number of carbonyl (C=O) groups is 2. The molecule has 0 saturated heterocycles. The van der Waals surface area contributed by atoms with Crippen molar-refractivity contribution < 1.29 is 19.1 Å². The number of fused-ring (bicyclic) bond motifs is 1. The van der Waals surface area contributed by atoms with Crippen molar-refractivity contribution in [2.45, 2.75) is 19.8 Å². The molecule has 3 aromatic rings. The topological polar surface area (TPSA) is 52.6 Å². The minimum Gasteiger partial charge on any atom is -0.452 e. The second kappa shape index (κ2) is 8.28. The predicted molar refractivity (Wildman–Crippen MR) is 119 cm³/mol. The van der Waals surface area contributed by atoms with Crippen LogP contribution in [0.2, 0.25) is 0 Å². The average Bonchev–Trinajstić information content (AvgIpc) is 3.03. The number of hydrogen-bond donors (Lipinski definition) is 0. The Labute approximate surface area is 183 Å². The first-order valence-corrected chi connectivity index (χ1v) is 10.4. The monoisotopic (exact) mass is 462 g/mol. The Hall–Kier alpha value is -3.18. The maximum absolute atomic E-state index is 12.7. The van der Waals surface area contributed by atoms with Crippen molar-refractivity contribution in [3.8, 4) is 11.5 Å². The molecule has 4 nitrogen and oxygen atoms in total. The van der Waals surface area contributed by atoms with Crippen molar-refractivity contribution in [2.24, 2.45) is 0 Å². The first kappa shape index (κ1) is 20.1. The number of esters is 1. The number of ether oxygens (including phenoxy) is 2. The van der Waals surface area contributed by atoms with E-state index in [-0.39, 0.29) is 11.5 Å². The Morgan fingerprint density at radius 3 is 2.37 bits per heavy atom. The maximum Gasteiger partial charge on any atom is 0.343 e. The van der Waals surface area contributed by atoms with Crippen LogP contribution in [0.4, 0.5) is 0 Å². The Morgan fingerprint density at radius 2 is 1.70 bits per heavy atom. The summed E-state index contributed by atoms with van der Waals surface area (Å²) in [5, 5.41) is 0. The van der Waals surface area contributed by atoms with Gasteiger partial charge in [-0.25, -0.2) is 4.79 Å². The summed E-state index contributed by atoms with van der Waals surface area (Å²) in [6.45, 7) is 4.27. The number of hydrogen-bond acceptors (Lipinski definition) is 4. The van der Waals surface area contributed by atoms with Crippen LogP contribution in [0.15, 0.2) is 77.0 Å². The number of halogens is 1. The molecule has 4 rings (SSSR count). The lowest BCUT2D eigenvalue weighted by molar-refractivity contribution is 0.0734. The van der Waals surface area contributed by atoms with Crippen LogP contribution in [-0.4, -0.2) is 11.8 Å². The molecule has 0 saturated carbocycles. The van der Waals surface area contributed by atoms with Crippen LogP contribution in [-0.2, 0) is 0 Å². The van der Waals surface area contributed by atoms with E-state index in [0.717, 1.165) is 10.0 Å². The van der Waals surface area contributed by atoms with Crippen molar-refractivity contribution >= 4 is 33.8 Å². The van der Waals surface area contributed by atoms with Gasteiger partial charge in [0.1, 0.15) is 11.5 Å². The van der Waals surface area contributed by atoms with Crippen LogP contribution in [0.25, 0.3) is 6.08 Å². The van der Waals surface area contributed by atoms with E-state index in [0.29, 0.717) is 28.5 Å². The molecule has 0 unspecified atom stereocenters. The molecule has 0 amide bonds. The first-order valence-electron chi connectivity index (χ1n) is 9.57. The summed E-state index contributed by atoms with van der Waals surface area (Å²) in [6, 6.07) is 19.7. The average molecular weight is 463 g/mol. The van der Waals surface area contributed by atoms with Crippen molar-refractivity contribution in [1.82, 2.24) is 0 Å². The van der Waals surface area contributed by atoms with E-state index < -0.39 is 5.97 Å². The van der Waals surface area contributed by atoms with Gasteiger partial charge < -0.3 is 9.47 Å². The van der Waals surface area contributed by atoms with E-state index in [1.54, 1.807) is 48.5 Å². The Kier molecular flexibility index (Phi) is 5.55. The third kappa shape index (κ3) is 4.21. The van der Waals surface area contributed by atoms with Gasteiger partial charge in [0.15, 0.2) is 5.76 Å². The summed E-state index contributed by atoms with van der Waals surface area (Å²) < 4.78 is 12.1. The Morgan fingerprint density at radius 1 is 1.00 bits per heavy atom. The van der Waals surface area contributed by atoms with Crippen LogP contribution in [0.5, 0.6) is 11.5 Å². The molecule has 0 atom stereocenters. The highest BCUT2D eigenvalue weighted by molar-refractivity contribution is 9.10. The van der Waals surface area contributed by atoms with Crippen LogP contribution < -0.4 is 9.47 Å². The number of Topliss-reactive ketones (excluding diaryl/α,β-unsaturated/α-hetero) is 1. The van der Waals surface area contributed by atoms with Crippen LogP contribution in [0.3, 0.4) is 0 Å². The molecule has 3 aromatic carbocycles. The molecular weight excluding hydrogens is 444 g/mol. The van der Waals surface area contributed by atoms with Crippen LogP contribution in [0.1, 0.15) is 51.6 Å². The van der Waals surface area contributed by atoms with Gasteiger partial charge in [0.25, 0.3) is 0 Å². The normalized spacial score (nSPS) is 14.0. The zero-order valence-corrected chi connectivity index (χ0v) is 18.1. The first-order chi connectivity index (χ1) is 14.4. The molecule has 1 aliphatic heterocycles. The molecule has 0 spiro atoms. The maximum atomic E-state index is 12.7.